The van der Waals surface area contributed by atoms with Crippen molar-refractivity contribution in [3.05, 3.63) is 29.8 Å². The van der Waals surface area contributed by atoms with Crippen LogP contribution in [0.15, 0.2) is 24.3 Å². The number of unbranched alkanes of at least 4 members (excludes halogenated alkanes) is 8. The predicted octanol–water partition coefficient (Wildman–Crippen LogP) is 6.46. The smallest absolute Gasteiger partial charge is 0.308 e. The number of carbonyl (C=O) groups excluding carboxylic acids is 1. The van der Waals surface area contributed by atoms with Crippen LogP contribution in [-0.2, 0) is 21.5 Å². The number of nitrogens with zero attached hydrogens (tertiary/aromatic N) is 1. The van der Waals surface area contributed by atoms with E-state index in [0.29, 0.717) is 18.7 Å². The van der Waals surface area contributed by atoms with Gasteiger partial charge in [-0.3, -0.25) is 4.79 Å². The van der Waals surface area contributed by atoms with E-state index in [9.17, 15) is 13.2 Å². The first-order chi connectivity index (χ1) is 14.8. The molecule has 1 aromatic carbocycles. The summed E-state index contributed by atoms with van der Waals surface area (Å²) in [4.78, 5) is 14.8. The molecule has 0 saturated carbocycles. The molecule has 31 heavy (non-hydrogen) atoms. The molecule has 1 rings (SSSR count). The highest BCUT2D eigenvalue weighted by molar-refractivity contribution is 7.87. The summed E-state index contributed by atoms with van der Waals surface area (Å²) >= 11 is 0. The van der Waals surface area contributed by atoms with Gasteiger partial charge in [0.15, 0.2) is 0 Å². The Hall–Kier alpha value is -1.56. The molecule has 0 spiro atoms. The first-order valence-corrected chi connectivity index (χ1v) is 13.7. The molecule has 0 heterocycles. The Kier molecular flexibility index (Phi) is 13.5. The van der Waals surface area contributed by atoms with Gasteiger partial charge in [-0.05, 0) is 44.4 Å². The Labute approximate surface area is 190 Å². The average molecular weight is 454 g/mol. The van der Waals surface area contributed by atoms with Crippen LogP contribution in [0.25, 0.3) is 0 Å². The zero-order chi connectivity index (χ0) is 23.1. The number of hydrogen-bond acceptors (Lipinski definition) is 4. The highest BCUT2D eigenvalue weighted by atomic mass is 32.2. The maximum Gasteiger partial charge on any atom is 0.308 e. The third kappa shape index (κ3) is 11.6. The Morgan fingerprint density at radius 1 is 0.903 bits per heavy atom. The molecule has 0 aliphatic carbocycles. The summed E-state index contributed by atoms with van der Waals surface area (Å²) in [5, 5.41) is 0. The standard InChI is InChI=1S/C25H43NO4S/c1-5-8-9-10-11-12-13-14-15-16-25(27)26(22(4)6-2)21-23-17-19-24(20-18-23)30-31(28,29)7-3/h17-20,22H,5-16,21H2,1-4H3. The Bertz CT molecular complexity index is 716. The van der Waals surface area contributed by atoms with Crippen LogP contribution < -0.4 is 4.18 Å². The van der Waals surface area contributed by atoms with Crippen LogP contribution in [0.2, 0.25) is 0 Å². The molecule has 1 unspecified atom stereocenters. The topological polar surface area (TPSA) is 63.7 Å². The molecular formula is C25H43NO4S. The zero-order valence-electron chi connectivity index (χ0n) is 20.1. The van der Waals surface area contributed by atoms with E-state index in [-0.39, 0.29) is 17.7 Å². The highest BCUT2D eigenvalue weighted by Crippen LogP contribution is 2.19. The molecule has 0 N–H and O–H groups in total. The second kappa shape index (κ2) is 15.3. The summed E-state index contributed by atoms with van der Waals surface area (Å²) in [7, 11) is -3.53. The number of amides is 1. The highest BCUT2D eigenvalue weighted by Gasteiger charge is 2.19. The van der Waals surface area contributed by atoms with Gasteiger partial charge in [-0.25, -0.2) is 0 Å². The summed E-state index contributed by atoms with van der Waals surface area (Å²) in [6.45, 7) is 8.50. The third-order valence-corrected chi connectivity index (χ3v) is 6.94. The minimum Gasteiger partial charge on any atom is -0.382 e. The first-order valence-electron chi connectivity index (χ1n) is 12.1. The van der Waals surface area contributed by atoms with E-state index in [1.165, 1.54) is 44.9 Å². The van der Waals surface area contributed by atoms with Crippen molar-refractivity contribution in [1.29, 1.82) is 0 Å². The van der Waals surface area contributed by atoms with Gasteiger partial charge in [0.25, 0.3) is 0 Å². The van der Waals surface area contributed by atoms with Gasteiger partial charge < -0.3 is 9.08 Å². The fourth-order valence-corrected chi connectivity index (χ4v) is 4.02. The molecule has 0 radical (unpaired) electrons. The largest absolute Gasteiger partial charge is 0.382 e. The molecule has 0 aliphatic rings. The number of rotatable bonds is 17. The van der Waals surface area contributed by atoms with Crippen molar-refractivity contribution in [2.75, 3.05) is 5.75 Å². The third-order valence-electron chi connectivity index (χ3n) is 5.79. The van der Waals surface area contributed by atoms with E-state index < -0.39 is 10.1 Å². The lowest BCUT2D eigenvalue weighted by Crippen LogP contribution is -2.37. The lowest BCUT2D eigenvalue weighted by molar-refractivity contribution is -0.134. The SMILES string of the molecule is CCCCCCCCCCCC(=O)N(Cc1ccc(OS(=O)(=O)CC)cc1)C(C)CC. The summed E-state index contributed by atoms with van der Waals surface area (Å²) in [5.74, 6) is 0.442. The molecule has 0 saturated heterocycles. The van der Waals surface area contributed by atoms with E-state index in [2.05, 4.69) is 20.8 Å². The molecule has 1 aromatic rings. The van der Waals surface area contributed by atoms with Crippen LogP contribution in [0, 0.1) is 0 Å². The first kappa shape index (κ1) is 27.5. The zero-order valence-corrected chi connectivity index (χ0v) is 20.9. The molecule has 0 bridgehead atoms. The van der Waals surface area contributed by atoms with E-state index in [1.54, 1.807) is 19.1 Å². The van der Waals surface area contributed by atoms with E-state index in [1.807, 2.05) is 17.0 Å². The lowest BCUT2D eigenvalue weighted by atomic mass is 10.1. The minimum atomic E-state index is -3.53. The van der Waals surface area contributed by atoms with Crippen LogP contribution in [0.3, 0.4) is 0 Å². The van der Waals surface area contributed by atoms with Crippen LogP contribution in [0.1, 0.15) is 104 Å². The van der Waals surface area contributed by atoms with Crippen molar-refractivity contribution in [1.82, 2.24) is 4.90 Å². The predicted molar refractivity (Wildman–Crippen MR) is 129 cm³/mol. The van der Waals surface area contributed by atoms with Gasteiger partial charge in [0, 0.05) is 19.0 Å². The molecule has 0 fully saturated rings. The van der Waals surface area contributed by atoms with Gasteiger partial charge in [-0.15, -0.1) is 0 Å². The molecule has 0 aromatic heterocycles. The van der Waals surface area contributed by atoms with Crippen molar-refractivity contribution in [3.63, 3.8) is 0 Å². The van der Waals surface area contributed by atoms with Crippen molar-refractivity contribution in [3.8, 4) is 5.75 Å². The molecule has 1 amide bonds. The summed E-state index contributed by atoms with van der Waals surface area (Å²) < 4.78 is 28.2. The number of benzene rings is 1. The molecule has 0 aliphatic heterocycles. The van der Waals surface area contributed by atoms with E-state index >= 15 is 0 Å². The van der Waals surface area contributed by atoms with Crippen LogP contribution in [-0.4, -0.2) is 31.0 Å². The number of hydrogen-bond donors (Lipinski definition) is 0. The second-order valence-electron chi connectivity index (χ2n) is 8.43. The summed E-state index contributed by atoms with van der Waals surface area (Å²) in [6.07, 6.45) is 12.7. The molecule has 5 nitrogen and oxygen atoms in total. The van der Waals surface area contributed by atoms with Crippen molar-refractivity contribution < 1.29 is 17.4 Å². The van der Waals surface area contributed by atoms with Gasteiger partial charge in [0.1, 0.15) is 5.75 Å². The van der Waals surface area contributed by atoms with E-state index in [4.69, 9.17) is 4.18 Å². The van der Waals surface area contributed by atoms with Crippen molar-refractivity contribution in [2.45, 2.75) is 111 Å². The van der Waals surface area contributed by atoms with Crippen LogP contribution in [0.5, 0.6) is 5.75 Å². The maximum atomic E-state index is 12.9. The minimum absolute atomic E-state index is 0.0656. The van der Waals surface area contributed by atoms with E-state index in [0.717, 1.165) is 24.8 Å². The monoisotopic (exact) mass is 453 g/mol. The Morgan fingerprint density at radius 2 is 1.45 bits per heavy atom. The molecule has 178 valence electrons. The second-order valence-corrected chi connectivity index (χ2v) is 10.3. The van der Waals surface area contributed by atoms with Crippen LogP contribution in [0.4, 0.5) is 0 Å². The molecule has 1 atom stereocenters. The molecule has 6 heteroatoms. The Morgan fingerprint density at radius 3 is 1.97 bits per heavy atom. The summed E-state index contributed by atoms with van der Waals surface area (Å²) in [5.41, 5.74) is 0.974. The fraction of sp³-hybridized carbons (Fsp3) is 0.720. The maximum absolute atomic E-state index is 12.9. The molecular weight excluding hydrogens is 410 g/mol. The Balaban J connectivity index is 2.49. The van der Waals surface area contributed by atoms with Gasteiger partial charge in [-0.2, -0.15) is 8.42 Å². The lowest BCUT2D eigenvalue weighted by Gasteiger charge is -2.29. The van der Waals surface area contributed by atoms with Gasteiger partial charge in [0.2, 0.25) is 5.91 Å². The fourth-order valence-electron chi connectivity index (χ4n) is 3.49. The number of carbonyl (C=O) groups is 1. The summed E-state index contributed by atoms with van der Waals surface area (Å²) in [6, 6.07) is 7.15. The van der Waals surface area contributed by atoms with Crippen LogP contribution >= 0.6 is 0 Å². The normalized spacial score (nSPS) is 12.5. The van der Waals surface area contributed by atoms with Crippen molar-refractivity contribution >= 4 is 16.0 Å². The van der Waals surface area contributed by atoms with Gasteiger partial charge >= 0.3 is 10.1 Å². The quantitative estimate of drug-likeness (QED) is 0.200. The average Bonchev–Trinajstić information content (AvgIpc) is 2.76. The van der Waals surface area contributed by atoms with Gasteiger partial charge in [-0.1, -0.05) is 77.3 Å². The van der Waals surface area contributed by atoms with Gasteiger partial charge in [0.05, 0.1) is 5.75 Å². The van der Waals surface area contributed by atoms with Crippen molar-refractivity contribution in [2.24, 2.45) is 0 Å².